The Morgan fingerprint density at radius 3 is 2.48 bits per heavy atom. The van der Waals surface area contributed by atoms with E-state index in [4.69, 9.17) is 5.11 Å². The summed E-state index contributed by atoms with van der Waals surface area (Å²) < 4.78 is 1.26. The SMILES string of the molecule is CCc1c(C(=O)O)sc(=O)n1CC(=O)N(C)Cc1ccccc1. The van der Waals surface area contributed by atoms with E-state index in [1.807, 2.05) is 30.3 Å². The molecule has 0 aliphatic carbocycles. The first kappa shape index (κ1) is 17.0. The van der Waals surface area contributed by atoms with Crippen LogP contribution in [0.15, 0.2) is 35.1 Å². The van der Waals surface area contributed by atoms with Gasteiger partial charge in [0.15, 0.2) is 0 Å². The highest BCUT2D eigenvalue weighted by Crippen LogP contribution is 2.14. The first-order valence-corrected chi connectivity index (χ1v) is 7.99. The predicted octanol–water partition coefficient (Wildman–Crippen LogP) is 1.83. The van der Waals surface area contributed by atoms with Crippen molar-refractivity contribution in [2.45, 2.75) is 26.4 Å². The lowest BCUT2D eigenvalue weighted by molar-refractivity contribution is -0.131. The predicted molar refractivity (Wildman–Crippen MR) is 87.8 cm³/mol. The topological polar surface area (TPSA) is 79.6 Å². The third-order valence-corrected chi connectivity index (χ3v) is 4.52. The van der Waals surface area contributed by atoms with Gasteiger partial charge in [0.05, 0.1) is 0 Å². The first-order valence-electron chi connectivity index (χ1n) is 7.17. The van der Waals surface area contributed by atoms with Gasteiger partial charge in [-0.3, -0.25) is 14.2 Å². The Labute approximate surface area is 137 Å². The molecule has 0 unspecified atom stereocenters. The Morgan fingerprint density at radius 2 is 1.91 bits per heavy atom. The standard InChI is InChI=1S/C16H18N2O4S/c1-3-12-14(15(20)21)23-16(22)18(12)10-13(19)17(2)9-11-7-5-4-6-8-11/h4-8H,3,9-10H2,1-2H3,(H,20,21). The zero-order chi connectivity index (χ0) is 17.0. The molecule has 7 heteroatoms. The molecule has 122 valence electrons. The highest BCUT2D eigenvalue weighted by Gasteiger charge is 2.21. The van der Waals surface area contributed by atoms with Crippen molar-refractivity contribution in [2.75, 3.05) is 7.05 Å². The summed E-state index contributed by atoms with van der Waals surface area (Å²) in [5.41, 5.74) is 1.39. The Morgan fingerprint density at radius 1 is 1.26 bits per heavy atom. The normalized spacial score (nSPS) is 10.5. The molecule has 0 saturated carbocycles. The Kier molecular flexibility index (Phi) is 5.33. The van der Waals surface area contributed by atoms with Crippen LogP contribution in [0.4, 0.5) is 0 Å². The van der Waals surface area contributed by atoms with Gasteiger partial charge in [-0.05, 0) is 12.0 Å². The number of carbonyl (C=O) groups is 2. The van der Waals surface area contributed by atoms with Crippen molar-refractivity contribution < 1.29 is 14.7 Å². The van der Waals surface area contributed by atoms with Crippen LogP contribution in [-0.2, 0) is 24.3 Å². The molecule has 0 spiro atoms. The van der Waals surface area contributed by atoms with Crippen molar-refractivity contribution in [3.05, 3.63) is 56.1 Å². The fourth-order valence-corrected chi connectivity index (χ4v) is 3.23. The molecule has 1 amide bonds. The van der Waals surface area contributed by atoms with Gasteiger partial charge in [0.25, 0.3) is 0 Å². The minimum absolute atomic E-state index is 0.0102. The summed E-state index contributed by atoms with van der Waals surface area (Å²) in [7, 11) is 1.66. The van der Waals surface area contributed by atoms with Gasteiger partial charge in [-0.1, -0.05) is 48.6 Å². The lowest BCUT2D eigenvalue weighted by Gasteiger charge is -2.18. The summed E-state index contributed by atoms with van der Waals surface area (Å²) in [6.07, 6.45) is 0.385. The third kappa shape index (κ3) is 3.87. The van der Waals surface area contributed by atoms with E-state index < -0.39 is 10.8 Å². The Hall–Kier alpha value is -2.41. The highest BCUT2D eigenvalue weighted by molar-refractivity contribution is 7.11. The Bertz CT molecular complexity index is 764. The smallest absolute Gasteiger partial charge is 0.347 e. The summed E-state index contributed by atoms with van der Waals surface area (Å²) in [5, 5.41) is 9.14. The van der Waals surface area contributed by atoms with Gasteiger partial charge < -0.3 is 10.0 Å². The van der Waals surface area contributed by atoms with Crippen LogP contribution >= 0.6 is 11.3 Å². The second kappa shape index (κ2) is 7.23. The molecule has 6 nitrogen and oxygen atoms in total. The molecule has 0 atom stereocenters. The third-order valence-electron chi connectivity index (χ3n) is 3.51. The number of likely N-dealkylation sites (N-methyl/N-ethyl adjacent to an activating group) is 1. The van der Waals surface area contributed by atoms with Crippen LogP contribution in [-0.4, -0.2) is 33.5 Å². The lowest BCUT2D eigenvalue weighted by Crippen LogP contribution is -2.33. The molecule has 0 fully saturated rings. The van der Waals surface area contributed by atoms with Crippen LogP contribution in [0.3, 0.4) is 0 Å². The number of hydrogen-bond donors (Lipinski definition) is 1. The number of thiazole rings is 1. The van der Waals surface area contributed by atoms with E-state index in [0.717, 1.165) is 5.56 Å². The number of carboxylic acid groups (broad SMARTS) is 1. The fraction of sp³-hybridized carbons (Fsp3) is 0.312. The second-order valence-corrected chi connectivity index (χ2v) is 6.09. The number of amides is 1. The molecule has 0 bridgehead atoms. The van der Waals surface area contributed by atoms with E-state index in [-0.39, 0.29) is 17.3 Å². The number of aromatic nitrogens is 1. The van der Waals surface area contributed by atoms with Crippen molar-refractivity contribution in [3.8, 4) is 0 Å². The zero-order valence-corrected chi connectivity index (χ0v) is 13.8. The van der Waals surface area contributed by atoms with Crippen LogP contribution < -0.4 is 4.87 Å². The van der Waals surface area contributed by atoms with Crippen LogP contribution in [0.1, 0.15) is 27.9 Å². The fourth-order valence-electron chi connectivity index (χ4n) is 2.31. The molecule has 0 aliphatic rings. The maximum Gasteiger partial charge on any atom is 0.347 e. The Balaban J connectivity index is 2.17. The summed E-state index contributed by atoms with van der Waals surface area (Å²) in [5.74, 6) is -1.37. The van der Waals surface area contributed by atoms with Crippen LogP contribution in [0.2, 0.25) is 0 Å². The molecule has 1 aromatic carbocycles. The molecule has 1 N–H and O–H groups in total. The van der Waals surface area contributed by atoms with Gasteiger partial charge >= 0.3 is 10.8 Å². The number of hydrogen-bond acceptors (Lipinski definition) is 4. The molecule has 1 heterocycles. The number of carbonyl (C=O) groups excluding carboxylic acids is 1. The van der Waals surface area contributed by atoms with Gasteiger partial charge in [-0.15, -0.1) is 0 Å². The maximum absolute atomic E-state index is 12.3. The summed E-state index contributed by atoms with van der Waals surface area (Å²) >= 11 is 0.668. The quantitative estimate of drug-likeness (QED) is 0.874. The van der Waals surface area contributed by atoms with Gasteiger partial charge in [-0.2, -0.15) is 0 Å². The van der Waals surface area contributed by atoms with Crippen LogP contribution in [0.25, 0.3) is 0 Å². The lowest BCUT2D eigenvalue weighted by atomic mass is 10.2. The average molecular weight is 334 g/mol. The zero-order valence-electron chi connectivity index (χ0n) is 13.0. The molecule has 0 saturated heterocycles. The number of benzene rings is 1. The van der Waals surface area contributed by atoms with Gasteiger partial charge in [0.1, 0.15) is 11.4 Å². The van der Waals surface area contributed by atoms with E-state index in [1.54, 1.807) is 14.0 Å². The van der Waals surface area contributed by atoms with E-state index in [2.05, 4.69) is 0 Å². The van der Waals surface area contributed by atoms with Crippen molar-refractivity contribution in [3.63, 3.8) is 0 Å². The molecule has 23 heavy (non-hydrogen) atoms. The number of carboxylic acids is 1. The minimum Gasteiger partial charge on any atom is -0.477 e. The summed E-state index contributed by atoms with van der Waals surface area (Å²) in [6.45, 7) is 2.06. The maximum atomic E-state index is 12.3. The van der Waals surface area contributed by atoms with Gasteiger partial charge in [0.2, 0.25) is 5.91 Å². The van der Waals surface area contributed by atoms with E-state index >= 15 is 0 Å². The number of aromatic carboxylic acids is 1. The van der Waals surface area contributed by atoms with E-state index in [9.17, 15) is 14.4 Å². The average Bonchev–Trinajstić information content (AvgIpc) is 2.84. The van der Waals surface area contributed by atoms with E-state index in [0.29, 0.717) is 30.0 Å². The minimum atomic E-state index is -1.13. The largest absolute Gasteiger partial charge is 0.477 e. The van der Waals surface area contributed by atoms with E-state index in [1.165, 1.54) is 9.47 Å². The molecule has 2 aromatic rings. The van der Waals surface area contributed by atoms with Crippen LogP contribution in [0.5, 0.6) is 0 Å². The second-order valence-electron chi connectivity index (χ2n) is 5.12. The molecule has 1 aromatic heterocycles. The number of nitrogens with zero attached hydrogens (tertiary/aromatic N) is 2. The van der Waals surface area contributed by atoms with Crippen molar-refractivity contribution >= 4 is 23.2 Å². The van der Waals surface area contributed by atoms with Crippen LogP contribution in [0, 0.1) is 0 Å². The van der Waals surface area contributed by atoms with Crippen molar-refractivity contribution in [1.82, 2.24) is 9.47 Å². The monoisotopic (exact) mass is 334 g/mol. The summed E-state index contributed by atoms with van der Waals surface area (Å²) in [4.78, 5) is 36.6. The molecular weight excluding hydrogens is 316 g/mol. The molecule has 2 rings (SSSR count). The first-order chi connectivity index (χ1) is 10.9. The van der Waals surface area contributed by atoms with Crippen molar-refractivity contribution in [2.24, 2.45) is 0 Å². The summed E-state index contributed by atoms with van der Waals surface area (Å²) in [6, 6.07) is 9.52. The van der Waals surface area contributed by atoms with Gasteiger partial charge in [0, 0.05) is 19.3 Å². The van der Waals surface area contributed by atoms with Gasteiger partial charge in [-0.25, -0.2) is 4.79 Å². The molecule has 0 radical (unpaired) electrons. The highest BCUT2D eigenvalue weighted by atomic mass is 32.1. The van der Waals surface area contributed by atoms with Crippen molar-refractivity contribution in [1.29, 1.82) is 0 Å². The molecule has 0 aliphatic heterocycles. The molecular formula is C16H18N2O4S. The number of rotatable bonds is 6.